The quantitative estimate of drug-likeness (QED) is 0.815. The van der Waals surface area contributed by atoms with Crippen molar-refractivity contribution in [1.29, 1.82) is 0 Å². The summed E-state index contributed by atoms with van der Waals surface area (Å²) in [5.74, 6) is 0.531. The smallest absolute Gasteiger partial charge is 0.270 e. The van der Waals surface area contributed by atoms with Crippen LogP contribution in [0.4, 0.5) is 0 Å². The molecular weight excluding hydrogens is 256 g/mol. The van der Waals surface area contributed by atoms with Crippen LogP contribution in [0, 0.1) is 0 Å². The lowest BCUT2D eigenvalue weighted by Gasteiger charge is -2.04. The molecule has 0 radical (unpaired) electrons. The zero-order chi connectivity index (χ0) is 13.4. The summed E-state index contributed by atoms with van der Waals surface area (Å²) in [7, 11) is 0. The topological polar surface area (TPSA) is 34.4 Å². The van der Waals surface area contributed by atoms with Gasteiger partial charge in [0.05, 0.1) is 11.1 Å². The summed E-state index contributed by atoms with van der Waals surface area (Å²) < 4.78 is 2.54. The predicted molar refractivity (Wildman–Crippen MR) is 78.3 cm³/mol. The molecule has 0 saturated carbocycles. The molecule has 0 amide bonds. The van der Waals surface area contributed by atoms with Crippen molar-refractivity contribution < 1.29 is 0 Å². The van der Waals surface area contributed by atoms with E-state index in [0.717, 1.165) is 28.0 Å². The zero-order valence-corrected chi connectivity index (χ0v) is 11.9. The Morgan fingerprint density at radius 2 is 2.05 bits per heavy atom. The maximum absolute atomic E-state index is 12.1. The number of aromatic nitrogens is 1. The van der Waals surface area contributed by atoms with Gasteiger partial charge in [0, 0.05) is 6.54 Å². The van der Waals surface area contributed by atoms with Crippen LogP contribution in [0.15, 0.2) is 34.1 Å². The maximum Gasteiger partial charge on any atom is 0.270 e. The highest BCUT2D eigenvalue weighted by atomic mass is 32.1. The van der Waals surface area contributed by atoms with E-state index in [4.69, 9.17) is 0 Å². The van der Waals surface area contributed by atoms with Gasteiger partial charge in [0.2, 0.25) is 0 Å². The van der Waals surface area contributed by atoms with Gasteiger partial charge in [-0.05, 0) is 23.1 Å². The molecule has 0 aliphatic carbocycles. The fraction of sp³-hybridized carbons (Fsp3) is 0.333. The Morgan fingerprint density at radius 3 is 2.68 bits per heavy atom. The molecule has 0 fully saturated rings. The lowest BCUT2D eigenvalue weighted by molar-refractivity contribution is 0.740. The molecule has 1 aromatic carbocycles. The molecule has 2 heterocycles. The molecule has 3 rings (SSSR count). The highest BCUT2D eigenvalue weighted by molar-refractivity contribution is 7.07. The van der Waals surface area contributed by atoms with E-state index in [1.807, 2.05) is 6.08 Å². The Labute approximate surface area is 115 Å². The Kier molecular flexibility index (Phi) is 3.11. The third kappa shape index (κ3) is 2.28. The van der Waals surface area contributed by atoms with Gasteiger partial charge >= 0.3 is 0 Å². The predicted octanol–water partition coefficient (Wildman–Crippen LogP) is 1.50. The van der Waals surface area contributed by atoms with Crippen LogP contribution in [0.2, 0.25) is 0 Å². The molecule has 1 aliphatic heterocycles. The van der Waals surface area contributed by atoms with Gasteiger partial charge in [0.15, 0.2) is 4.80 Å². The Hall–Kier alpha value is -1.68. The van der Waals surface area contributed by atoms with Crippen LogP contribution >= 0.6 is 11.3 Å². The Balaban J connectivity index is 2.05. The summed E-state index contributed by atoms with van der Waals surface area (Å²) in [6.45, 7) is 5.82. The number of nitrogens with zero attached hydrogens (tertiary/aromatic N) is 2. The van der Waals surface area contributed by atoms with Crippen LogP contribution in [0.25, 0.3) is 6.08 Å². The van der Waals surface area contributed by atoms with Crippen LogP contribution in [-0.2, 0) is 6.54 Å². The van der Waals surface area contributed by atoms with Gasteiger partial charge in [-0.3, -0.25) is 14.4 Å². The summed E-state index contributed by atoms with van der Waals surface area (Å²) in [5.41, 5.74) is 2.48. The molecule has 0 atom stereocenters. The van der Waals surface area contributed by atoms with Gasteiger partial charge in [-0.2, -0.15) is 0 Å². The molecule has 0 saturated heterocycles. The normalized spacial score (nSPS) is 14.8. The molecule has 4 heteroatoms. The van der Waals surface area contributed by atoms with Crippen LogP contribution in [0.5, 0.6) is 0 Å². The van der Waals surface area contributed by atoms with Gasteiger partial charge < -0.3 is 0 Å². The summed E-state index contributed by atoms with van der Waals surface area (Å²) in [6.07, 6.45) is 1.96. The summed E-state index contributed by atoms with van der Waals surface area (Å²) >= 11 is 1.48. The Morgan fingerprint density at radius 1 is 1.32 bits per heavy atom. The summed E-state index contributed by atoms with van der Waals surface area (Å²) in [4.78, 5) is 17.3. The van der Waals surface area contributed by atoms with Crippen LogP contribution in [0.1, 0.15) is 30.9 Å². The number of hydrogen-bond donors (Lipinski definition) is 0. The van der Waals surface area contributed by atoms with Crippen molar-refractivity contribution in [1.82, 2.24) is 4.57 Å². The third-order valence-corrected chi connectivity index (χ3v) is 4.40. The van der Waals surface area contributed by atoms with Crippen LogP contribution in [0.3, 0.4) is 0 Å². The van der Waals surface area contributed by atoms with E-state index in [9.17, 15) is 4.79 Å². The summed E-state index contributed by atoms with van der Waals surface area (Å²) in [5, 5.41) is 0. The van der Waals surface area contributed by atoms with E-state index in [2.05, 4.69) is 43.1 Å². The fourth-order valence-electron chi connectivity index (χ4n) is 2.20. The second-order valence-corrected chi connectivity index (χ2v) is 6.06. The molecule has 0 unspecified atom stereocenters. The van der Waals surface area contributed by atoms with E-state index in [-0.39, 0.29) is 5.56 Å². The molecule has 19 heavy (non-hydrogen) atoms. The van der Waals surface area contributed by atoms with E-state index in [1.54, 1.807) is 4.57 Å². The first-order valence-electron chi connectivity index (χ1n) is 6.51. The van der Waals surface area contributed by atoms with Crippen LogP contribution in [-0.4, -0.2) is 11.1 Å². The molecular formula is C15H16N2OS. The molecule has 1 aliphatic rings. The number of hydrogen-bond acceptors (Lipinski definition) is 3. The van der Waals surface area contributed by atoms with E-state index in [1.165, 1.54) is 16.9 Å². The van der Waals surface area contributed by atoms with Gasteiger partial charge in [0.25, 0.3) is 5.56 Å². The summed E-state index contributed by atoms with van der Waals surface area (Å²) in [6, 6.07) is 8.39. The molecule has 98 valence electrons. The largest absolute Gasteiger partial charge is 0.282 e. The first kappa shape index (κ1) is 12.4. The first-order valence-corrected chi connectivity index (χ1v) is 7.32. The third-order valence-electron chi connectivity index (χ3n) is 3.36. The van der Waals surface area contributed by atoms with Crippen molar-refractivity contribution in [3.8, 4) is 0 Å². The highest BCUT2D eigenvalue weighted by Crippen LogP contribution is 2.14. The molecule has 0 bridgehead atoms. The van der Waals surface area contributed by atoms with Gasteiger partial charge in [-0.1, -0.05) is 49.4 Å². The van der Waals surface area contributed by atoms with Gasteiger partial charge in [-0.25, -0.2) is 0 Å². The standard InChI is InChI=1S/C15H16N2OS/c1-10(2)12-5-3-11(4-6-12)9-13-14(18)17-8-7-16-15(17)19-13/h3-6,9-10H,7-8H2,1-2H3. The molecule has 1 aromatic heterocycles. The van der Waals surface area contributed by atoms with Gasteiger partial charge in [-0.15, -0.1) is 0 Å². The Bertz CT molecular complexity index is 766. The van der Waals surface area contributed by atoms with Crippen molar-refractivity contribution >= 4 is 17.4 Å². The average Bonchev–Trinajstić information content (AvgIpc) is 2.95. The molecule has 0 spiro atoms. The maximum atomic E-state index is 12.1. The van der Waals surface area contributed by atoms with Gasteiger partial charge in [0.1, 0.15) is 0 Å². The SMILES string of the molecule is CC(C)c1ccc(C=c2sc3n(c2=O)CCN=3)cc1. The second kappa shape index (κ2) is 4.78. The minimum atomic E-state index is 0.0918. The minimum absolute atomic E-state index is 0.0918. The minimum Gasteiger partial charge on any atom is -0.282 e. The first-order chi connectivity index (χ1) is 9.15. The van der Waals surface area contributed by atoms with E-state index < -0.39 is 0 Å². The number of thiazole rings is 1. The number of benzene rings is 1. The fourth-order valence-corrected chi connectivity index (χ4v) is 3.23. The molecule has 3 nitrogen and oxygen atoms in total. The van der Waals surface area contributed by atoms with Crippen molar-refractivity contribution in [2.24, 2.45) is 4.99 Å². The zero-order valence-electron chi connectivity index (χ0n) is 11.1. The number of rotatable bonds is 2. The lowest BCUT2D eigenvalue weighted by Crippen LogP contribution is -2.29. The van der Waals surface area contributed by atoms with Crippen molar-refractivity contribution in [2.45, 2.75) is 26.3 Å². The van der Waals surface area contributed by atoms with Crippen molar-refractivity contribution in [3.63, 3.8) is 0 Å². The monoisotopic (exact) mass is 272 g/mol. The van der Waals surface area contributed by atoms with Crippen molar-refractivity contribution in [2.75, 3.05) is 6.54 Å². The lowest BCUT2D eigenvalue weighted by atomic mass is 10.0. The number of fused-ring (bicyclic) bond motifs is 1. The molecule has 2 aromatic rings. The van der Waals surface area contributed by atoms with E-state index in [0.29, 0.717) is 5.92 Å². The van der Waals surface area contributed by atoms with E-state index >= 15 is 0 Å². The average molecular weight is 272 g/mol. The highest BCUT2D eigenvalue weighted by Gasteiger charge is 2.09. The van der Waals surface area contributed by atoms with Crippen LogP contribution < -0.4 is 14.9 Å². The second-order valence-electron chi connectivity index (χ2n) is 5.05. The molecule has 0 N–H and O–H groups in total. The van der Waals surface area contributed by atoms with Crippen molar-refractivity contribution in [3.05, 3.63) is 55.1 Å².